The van der Waals surface area contributed by atoms with Gasteiger partial charge in [0.1, 0.15) is 5.75 Å². The number of nitrogens with zero attached hydrogens (tertiary/aromatic N) is 2. The molecule has 1 heterocycles. The number of aromatic nitrogens is 2. The molecule has 2 aromatic rings. The van der Waals surface area contributed by atoms with Crippen LogP contribution in [0.25, 0.3) is 10.6 Å². The fourth-order valence-corrected chi connectivity index (χ4v) is 3.61. The summed E-state index contributed by atoms with van der Waals surface area (Å²) in [5.74, 6) is 1.48. The van der Waals surface area contributed by atoms with Gasteiger partial charge in [-0.05, 0) is 61.8 Å². The monoisotopic (exact) mass is 483 g/mol. The zero-order valence-electron chi connectivity index (χ0n) is 21.4. The van der Waals surface area contributed by atoms with Crippen LogP contribution in [0.2, 0.25) is 0 Å². The molecule has 0 saturated heterocycles. The average Bonchev–Trinajstić information content (AvgIpc) is 2.85. The third kappa shape index (κ3) is 8.01. The van der Waals surface area contributed by atoms with Crippen LogP contribution in [0.4, 0.5) is 4.39 Å². The van der Waals surface area contributed by atoms with Gasteiger partial charge < -0.3 is 10.1 Å². The largest absolute Gasteiger partial charge is 0.493 e. The molecular formula is C28H38FN3OS. The summed E-state index contributed by atoms with van der Waals surface area (Å²) >= 11 is 1.64. The molecule has 6 heteroatoms. The van der Waals surface area contributed by atoms with E-state index in [4.69, 9.17) is 4.74 Å². The van der Waals surface area contributed by atoms with Crippen molar-refractivity contribution in [1.82, 2.24) is 15.3 Å². The van der Waals surface area contributed by atoms with Crippen molar-refractivity contribution in [2.75, 3.05) is 6.61 Å². The molecule has 0 aliphatic rings. The number of ether oxygens (including phenoxy) is 1. The van der Waals surface area contributed by atoms with Crippen LogP contribution in [0.15, 0.2) is 54.7 Å². The minimum absolute atomic E-state index is 0.209. The van der Waals surface area contributed by atoms with Gasteiger partial charge in [0.2, 0.25) is 0 Å². The SMILES string of the molecule is C=C(NCc1cnc(C(C)(F)CC)nc1)c1cc(OCC(C)CC)cc(C(=C)S/C(C)=C\C)c1. The molecule has 0 radical (unpaired) electrons. The number of thioether (sulfide) groups is 1. The molecule has 2 unspecified atom stereocenters. The predicted octanol–water partition coefficient (Wildman–Crippen LogP) is 7.88. The minimum Gasteiger partial charge on any atom is -0.493 e. The number of benzene rings is 1. The Morgan fingerprint density at radius 1 is 1.21 bits per heavy atom. The summed E-state index contributed by atoms with van der Waals surface area (Å²) in [7, 11) is 0. The average molecular weight is 484 g/mol. The van der Waals surface area contributed by atoms with Gasteiger partial charge in [0.05, 0.1) is 6.61 Å². The van der Waals surface area contributed by atoms with Crippen LogP contribution >= 0.6 is 11.8 Å². The lowest BCUT2D eigenvalue weighted by molar-refractivity contribution is 0.171. The van der Waals surface area contributed by atoms with E-state index < -0.39 is 5.67 Å². The van der Waals surface area contributed by atoms with E-state index in [1.807, 2.05) is 19.1 Å². The summed E-state index contributed by atoms with van der Waals surface area (Å²) in [5.41, 5.74) is 2.01. The van der Waals surface area contributed by atoms with Crippen LogP contribution in [0.1, 0.15) is 76.9 Å². The first-order chi connectivity index (χ1) is 16.1. The number of halogens is 1. The molecule has 0 fully saturated rings. The van der Waals surface area contributed by atoms with Crippen molar-refractivity contribution < 1.29 is 9.13 Å². The van der Waals surface area contributed by atoms with Crippen molar-refractivity contribution in [2.45, 2.75) is 66.6 Å². The highest BCUT2D eigenvalue weighted by atomic mass is 32.2. The normalized spacial score (nSPS) is 14.3. The highest BCUT2D eigenvalue weighted by molar-refractivity contribution is 8.11. The van der Waals surface area contributed by atoms with Gasteiger partial charge in [0.15, 0.2) is 11.5 Å². The summed E-state index contributed by atoms with van der Waals surface area (Å²) in [6, 6.07) is 6.10. The van der Waals surface area contributed by atoms with Gasteiger partial charge in [0, 0.05) is 40.7 Å². The lowest BCUT2D eigenvalue weighted by Crippen LogP contribution is -2.18. The first-order valence-electron chi connectivity index (χ1n) is 11.8. The molecule has 0 bridgehead atoms. The fraction of sp³-hybridized carbons (Fsp3) is 0.429. The van der Waals surface area contributed by atoms with Crippen molar-refractivity contribution in [3.63, 3.8) is 0 Å². The molecule has 2 atom stereocenters. The van der Waals surface area contributed by atoms with E-state index in [1.165, 1.54) is 11.8 Å². The molecule has 1 aromatic heterocycles. The van der Waals surface area contributed by atoms with Crippen molar-refractivity contribution in [3.05, 3.63) is 77.2 Å². The highest BCUT2D eigenvalue weighted by Gasteiger charge is 2.26. The first kappa shape index (κ1) is 27.6. The summed E-state index contributed by atoms with van der Waals surface area (Å²) in [6.45, 7) is 21.3. The molecule has 1 aromatic carbocycles. The van der Waals surface area contributed by atoms with Crippen molar-refractivity contribution in [1.29, 1.82) is 0 Å². The smallest absolute Gasteiger partial charge is 0.167 e. The predicted molar refractivity (Wildman–Crippen MR) is 144 cm³/mol. The van der Waals surface area contributed by atoms with Gasteiger partial charge >= 0.3 is 0 Å². The van der Waals surface area contributed by atoms with Gasteiger partial charge in [-0.3, -0.25) is 0 Å². The second kappa shape index (κ2) is 12.7. The van der Waals surface area contributed by atoms with Crippen LogP contribution in [0, 0.1) is 5.92 Å². The Bertz CT molecular complexity index is 1010. The Balaban J connectivity index is 2.19. The van der Waals surface area contributed by atoms with Crippen LogP contribution < -0.4 is 10.1 Å². The molecule has 0 aliphatic carbocycles. The molecule has 0 saturated carbocycles. The lowest BCUT2D eigenvalue weighted by atomic mass is 10.1. The van der Waals surface area contributed by atoms with Gasteiger partial charge in [-0.1, -0.05) is 58.2 Å². The molecule has 184 valence electrons. The minimum atomic E-state index is -1.52. The molecule has 0 spiro atoms. The maximum Gasteiger partial charge on any atom is 0.167 e. The summed E-state index contributed by atoms with van der Waals surface area (Å²) in [6.07, 6.45) is 6.78. The van der Waals surface area contributed by atoms with Crippen LogP contribution in [0.3, 0.4) is 0 Å². The molecular weight excluding hydrogens is 445 g/mol. The van der Waals surface area contributed by atoms with Gasteiger partial charge in [-0.2, -0.15) is 0 Å². The third-order valence-corrected chi connectivity index (χ3v) is 6.88. The third-order valence-electron chi connectivity index (χ3n) is 5.84. The number of nitrogens with one attached hydrogen (secondary N) is 1. The molecule has 2 rings (SSSR count). The van der Waals surface area contributed by atoms with Crippen molar-refractivity contribution >= 4 is 22.4 Å². The van der Waals surface area contributed by atoms with E-state index in [1.54, 1.807) is 31.1 Å². The van der Waals surface area contributed by atoms with Crippen molar-refractivity contribution in [3.8, 4) is 5.75 Å². The Hall–Kier alpha value is -2.60. The zero-order chi connectivity index (χ0) is 25.3. The van der Waals surface area contributed by atoms with E-state index in [-0.39, 0.29) is 5.82 Å². The van der Waals surface area contributed by atoms with E-state index in [0.29, 0.717) is 25.5 Å². The zero-order valence-corrected chi connectivity index (χ0v) is 22.2. The highest BCUT2D eigenvalue weighted by Crippen LogP contribution is 2.35. The van der Waals surface area contributed by atoms with Gasteiger partial charge in [-0.15, -0.1) is 0 Å². The van der Waals surface area contributed by atoms with E-state index in [9.17, 15) is 4.39 Å². The van der Waals surface area contributed by atoms with Crippen LogP contribution in [0.5, 0.6) is 5.75 Å². The van der Waals surface area contributed by atoms with Crippen LogP contribution in [-0.4, -0.2) is 16.6 Å². The summed E-state index contributed by atoms with van der Waals surface area (Å²) < 4.78 is 20.5. The number of alkyl halides is 1. The summed E-state index contributed by atoms with van der Waals surface area (Å²) in [4.78, 5) is 10.6. The quantitative estimate of drug-likeness (QED) is 0.314. The second-order valence-corrected chi connectivity index (χ2v) is 10.1. The number of rotatable bonds is 13. The molecule has 1 N–H and O–H groups in total. The van der Waals surface area contributed by atoms with Crippen LogP contribution in [-0.2, 0) is 12.2 Å². The maximum atomic E-state index is 14.4. The van der Waals surface area contributed by atoms with E-state index >= 15 is 0 Å². The Kier molecular flexibility index (Phi) is 10.4. The van der Waals surface area contributed by atoms with E-state index in [2.05, 4.69) is 61.4 Å². The first-order valence-corrected chi connectivity index (χ1v) is 12.6. The fourth-order valence-electron chi connectivity index (χ4n) is 2.87. The summed E-state index contributed by atoms with van der Waals surface area (Å²) in [5, 5.41) is 3.34. The van der Waals surface area contributed by atoms with Gasteiger partial charge in [0.25, 0.3) is 0 Å². The number of hydrogen-bond donors (Lipinski definition) is 1. The topological polar surface area (TPSA) is 47.0 Å². The molecule has 0 amide bonds. The lowest BCUT2D eigenvalue weighted by Gasteiger charge is -2.17. The molecule has 34 heavy (non-hydrogen) atoms. The molecule has 4 nitrogen and oxygen atoms in total. The number of allylic oxidation sites excluding steroid dienone is 2. The molecule has 0 aliphatic heterocycles. The van der Waals surface area contributed by atoms with Crippen molar-refractivity contribution in [2.24, 2.45) is 5.92 Å². The van der Waals surface area contributed by atoms with E-state index in [0.717, 1.165) is 39.5 Å². The standard InChI is InChI=1S/C28H38FN3OS/c1-9-19(4)18-33-26-13-24(12-25(14-26)22(7)34-20(5)10-2)21(6)30-15-23-16-31-27(32-17-23)28(8,29)11-3/h10,12-14,16-17,19,30H,6-7,9,11,15,18H2,1-5,8H3/b20-10-. The maximum absolute atomic E-state index is 14.4. The number of hydrogen-bond acceptors (Lipinski definition) is 5. The Morgan fingerprint density at radius 3 is 2.44 bits per heavy atom. The Labute approximate surface area is 208 Å². The Morgan fingerprint density at radius 2 is 1.85 bits per heavy atom. The van der Waals surface area contributed by atoms with Gasteiger partial charge in [-0.25, -0.2) is 14.4 Å². The second-order valence-electron chi connectivity index (χ2n) is 8.79.